The van der Waals surface area contributed by atoms with Gasteiger partial charge in [-0.1, -0.05) is 29.8 Å². The molecule has 3 rings (SSSR count). The van der Waals surface area contributed by atoms with Crippen molar-refractivity contribution in [2.24, 2.45) is 5.92 Å². The zero-order chi connectivity index (χ0) is 17.9. The van der Waals surface area contributed by atoms with Gasteiger partial charge in [0.1, 0.15) is 5.82 Å². The van der Waals surface area contributed by atoms with Gasteiger partial charge >= 0.3 is 0 Å². The van der Waals surface area contributed by atoms with Gasteiger partial charge in [-0.3, -0.25) is 0 Å². The van der Waals surface area contributed by atoms with Gasteiger partial charge in [0, 0.05) is 25.3 Å². The van der Waals surface area contributed by atoms with E-state index in [1.807, 2.05) is 0 Å². The van der Waals surface area contributed by atoms with Crippen LogP contribution in [0.4, 0.5) is 10.1 Å². The highest BCUT2D eigenvalue weighted by Gasteiger charge is 2.24. The van der Waals surface area contributed by atoms with Crippen molar-refractivity contribution in [1.29, 1.82) is 0 Å². The number of anilines is 1. The van der Waals surface area contributed by atoms with Crippen molar-refractivity contribution in [3.63, 3.8) is 0 Å². The third-order valence-electron chi connectivity index (χ3n) is 4.55. The number of halogens is 1. The van der Waals surface area contributed by atoms with Crippen molar-refractivity contribution in [3.05, 3.63) is 65.5 Å². The van der Waals surface area contributed by atoms with Gasteiger partial charge < -0.3 is 4.90 Å². The number of benzene rings is 2. The molecule has 134 valence electrons. The van der Waals surface area contributed by atoms with E-state index < -0.39 is 10.0 Å². The molecular weight excluding hydrogens is 339 g/mol. The fourth-order valence-electron chi connectivity index (χ4n) is 3.09. The monoisotopic (exact) mass is 362 g/mol. The Morgan fingerprint density at radius 1 is 1.12 bits per heavy atom. The normalized spacial score (nSPS) is 17.8. The smallest absolute Gasteiger partial charge is 0.215 e. The van der Waals surface area contributed by atoms with Gasteiger partial charge in [-0.15, -0.1) is 0 Å². The molecule has 6 heteroatoms. The minimum absolute atomic E-state index is 0.123. The van der Waals surface area contributed by atoms with Gasteiger partial charge in [-0.2, -0.15) is 0 Å². The maximum Gasteiger partial charge on any atom is 0.215 e. The van der Waals surface area contributed by atoms with Crippen LogP contribution in [0, 0.1) is 18.7 Å². The van der Waals surface area contributed by atoms with Crippen molar-refractivity contribution in [2.45, 2.75) is 19.1 Å². The lowest BCUT2D eigenvalue weighted by molar-refractivity contribution is 0.541. The van der Waals surface area contributed by atoms with Crippen LogP contribution in [0.15, 0.2) is 48.5 Å². The predicted molar refractivity (Wildman–Crippen MR) is 98.5 cm³/mol. The molecule has 25 heavy (non-hydrogen) atoms. The highest BCUT2D eigenvalue weighted by Crippen LogP contribution is 2.24. The van der Waals surface area contributed by atoms with Crippen LogP contribution in [-0.2, 0) is 15.8 Å². The van der Waals surface area contributed by atoms with Crippen LogP contribution in [0.3, 0.4) is 0 Å². The number of sulfonamides is 1. The molecule has 0 spiro atoms. The molecule has 1 aliphatic rings. The Morgan fingerprint density at radius 2 is 1.80 bits per heavy atom. The Hall–Kier alpha value is -1.92. The SMILES string of the molecule is Cc1ccc(N2CCC(CNS(=O)(=O)Cc3ccc(F)cc3)C2)cc1. The van der Waals surface area contributed by atoms with E-state index in [0.717, 1.165) is 19.5 Å². The molecule has 1 aliphatic heterocycles. The molecule has 0 radical (unpaired) electrons. The predicted octanol–water partition coefficient (Wildman–Crippen LogP) is 3.08. The average molecular weight is 362 g/mol. The quantitative estimate of drug-likeness (QED) is 0.859. The number of aryl methyl sites for hydroxylation is 1. The summed E-state index contributed by atoms with van der Waals surface area (Å²) in [5, 5.41) is 0. The minimum atomic E-state index is -3.41. The van der Waals surface area contributed by atoms with Crippen LogP contribution in [0.1, 0.15) is 17.5 Å². The van der Waals surface area contributed by atoms with Crippen molar-refractivity contribution in [2.75, 3.05) is 24.5 Å². The van der Waals surface area contributed by atoms with Gasteiger partial charge in [-0.25, -0.2) is 17.5 Å². The summed E-state index contributed by atoms with van der Waals surface area (Å²) < 4.78 is 40.0. The van der Waals surface area contributed by atoms with E-state index in [1.165, 1.54) is 35.5 Å². The number of nitrogens with one attached hydrogen (secondary N) is 1. The van der Waals surface area contributed by atoms with Crippen LogP contribution in [-0.4, -0.2) is 28.1 Å². The number of nitrogens with zero attached hydrogens (tertiary/aromatic N) is 1. The van der Waals surface area contributed by atoms with Gasteiger partial charge in [0.2, 0.25) is 10.0 Å². The Labute approximate surface area is 148 Å². The molecule has 1 atom stereocenters. The maximum absolute atomic E-state index is 12.9. The molecule has 0 aromatic heterocycles. The van der Waals surface area contributed by atoms with Crippen molar-refractivity contribution < 1.29 is 12.8 Å². The molecule has 0 amide bonds. The standard InChI is InChI=1S/C19H23FN2O2S/c1-15-2-8-19(9-3-15)22-11-10-17(13-22)12-21-25(23,24)14-16-4-6-18(20)7-5-16/h2-9,17,21H,10-14H2,1H3. The Balaban J connectivity index is 1.51. The lowest BCUT2D eigenvalue weighted by Crippen LogP contribution is -2.31. The summed E-state index contributed by atoms with van der Waals surface area (Å²) in [7, 11) is -3.41. The summed E-state index contributed by atoms with van der Waals surface area (Å²) in [5.74, 6) is -0.192. The van der Waals surface area contributed by atoms with E-state index in [-0.39, 0.29) is 11.6 Å². The fourth-order valence-corrected chi connectivity index (χ4v) is 4.31. The van der Waals surface area contributed by atoms with Gasteiger partial charge in [0.25, 0.3) is 0 Å². The third kappa shape index (κ3) is 5.03. The van der Waals surface area contributed by atoms with E-state index >= 15 is 0 Å². The molecule has 1 heterocycles. The molecule has 1 unspecified atom stereocenters. The minimum Gasteiger partial charge on any atom is -0.371 e. The molecule has 0 saturated carbocycles. The Kier molecular flexibility index (Phi) is 5.39. The van der Waals surface area contributed by atoms with E-state index in [2.05, 4.69) is 40.8 Å². The van der Waals surface area contributed by atoms with Crippen molar-refractivity contribution >= 4 is 15.7 Å². The first-order valence-corrected chi connectivity index (χ1v) is 10.1. The maximum atomic E-state index is 12.9. The van der Waals surface area contributed by atoms with Crippen molar-refractivity contribution in [3.8, 4) is 0 Å². The molecule has 0 bridgehead atoms. The highest BCUT2D eigenvalue weighted by molar-refractivity contribution is 7.88. The first-order valence-electron chi connectivity index (χ1n) is 8.45. The fraction of sp³-hybridized carbons (Fsp3) is 0.368. The summed E-state index contributed by atoms with van der Waals surface area (Å²) in [4.78, 5) is 2.29. The molecule has 1 N–H and O–H groups in total. The topological polar surface area (TPSA) is 49.4 Å². The first-order chi connectivity index (χ1) is 11.9. The van der Waals surface area contributed by atoms with Crippen LogP contribution >= 0.6 is 0 Å². The summed E-state index contributed by atoms with van der Waals surface area (Å²) in [5.41, 5.74) is 3.00. The lowest BCUT2D eigenvalue weighted by Gasteiger charge is -2.19. The molecule has 1 fully saturated rings. The van der Waals surface area contributed by atoms with Gasteiger partial charge in [-0.05, 0) is 49.1 Å². The molecule has 0 aliphatic carbocycles. The summed E-state index contributed by atoms with van der Waals surface area (Å²) >= 11 is 0. The third-order valence-corrected chi connectivity index (χ3v) is 5.87. The Morgan fingerprint density at radius 3 is 2.48 bits per heavy atom. The van der Waals surface area contributed by atoms with Crippen LogP contribution in [0.25, 0.3) is 0 Å². The van der Waals surface area contributed by atoms with Crippen LogP contribution < -0.4 is 9.62 Å². The average Bonchev–Trinajstić information content (AvgIpc) is 3.05. The molecule has 1 saturated heterocycles. The van der Waals surface area contributed by atoms with Crippen LogP contribution in [0.5, 0.6) is 0 Å². The summed E-state index contributed by atoms with van der Waals surface area (Å²) in [6.45, 7) is 4.29. The Bertz CT molecular complexity index is 804. The molecule has 2 aromatic carbocycles. The summed E-state index contributed by atoms with van der Waals surface area (Å²) in [6, 6.07) is 14.0. The second kappa shape index (κ2) is 7.54. The van der Waals surface area contributed by atoms with E-state index in [9.17, 15) is 12.8 Å². The number of rotatable bonds is 6. The van der Waals surface area contributed by atoms with E-state index in [4.69, 9.17) is 0 Å². The van der Waals surface area contributed by atoms with E-state index in [1.54, 1.807) is 0 Å². The van der Waals surface area contributed by atoms with Crippen LogP contribution in [0.2, 0.25) is 0 Å². The second-order valence-corrected chi connectivity index (χ2v) is 8.48. The second-order valence-electron chi connectivity index (χ2n) is 6.67. The van der Waals surface area contributed by atoms with Gasteiger partial charge in [0.15, 0.2) is 0 Å². The van der Waals surface area contributed by atoms with E-state index in [0.29, 0.717) is 18.0 Å². The highest BCUT2D eigenvalue weighted by atomic mass is 32.2. The number of hydrogen-bond acceptors (Lipinski definition) is 3. The zero-order valence-corrected chi connectivity index (χ0v) is 15.1. The zero-order valence-electron chi connectivity index (χ0n) is 14.3. The molecular formula is C19H23FN2O2S. The molecule has 4 nitrogen and oxygen atoms in total. The van der Waals surface area contributed by atoms with Gasteiger partial charge in [0.05, 0.1) is 5.75 Å². The summed E-state index contributed by atoms with van der Waals surface area (Å²) in [6.07, 6.45) is 0.965. The molecule has 2 aromatic rings. The number of hydrogen-bond donors (Lipinski definition) is 1. The first kappa shape index (κ1) is 17.9. The van der Waals surface area contributed by atoms with Crippen molar-refractivity contribution in [1.82, 2.24) is 4.72 Å². The lowest BCUT2D eigenvalue weighted by atomic mass is 10.1. The largest absolute Gasteiger partial charge is 0.371 e.